The van der Waals surface area contributed by atoms with Crippen LogP contribution in [-0.2, 0) is 9.53 Å². The zero-order chi connectivity index (χ0) is 16.8. The Balaban J connectivity index is 2.00. The molecule has 0 atom stereocenters. The third-order valence-corrected chi connectivity index (χ3v) is 3.15. The van der Waals surface area contributed by atoms with Crippen molar-refractivity contribution >= 4 is 29.2 Å². The molecular formula is C16H14ClNO5. The van der Waals surface area contributed by atoms with Gasteiger partial charge in [-0.05, 0) is 36.4 Å². The summed E-state index contributed by atoms with van der Waals surface area (Å²) >= 11 is 5.75. The zero-order valence-corrected chi connectivity index (χ0v) is 13.0. The molecule has 0 saturated heterocycles. The maximum atomic E-state index is 11.9. The second-order valence-electron chi connectivity index (χ2n) is 4.48. The molecule has 0 aromatic heterocycles. The SMILES string of the molecule is COC(=O)c1cccc(NC(=O)COc2ccc(Cl)cc2)c1O. The molecule has 0 fully saturated rings. The molecule has 2 aromatic carbocycles. The highest BCUT2D eigenvalue weighted by atomic mass is 35.5. The van der Waals surface area contributed by atoms with E-state index in [0.29, 0.717) is 10.8 Å². The van der Waals surface area contributed by atoms with E-state index in [2.05, 4.69) is 10.1 Å². The standard InChI is InChI=1S/C16H14ClNO5/c1-22-16(21)12-3-2-4-13(15(12)20)18-14(19)9-23-11-7-5-10(17)6-8-11/h2-8,20H,9H2,1H3,(H,18,19). The van der Waals surface area contributed by atoms with Crippen LogP contribution < -0.4 is 10.1 Å². The van der Waals surface area contributed by atoms with Crippen LogP contribution in [0.15, 0.2) is 42.5 Å². The predicted molar refractivity (Wildman–Crippen MR) is 85.0 cm³/mol. The van der Waals surface area contributed by atoms with E-state index in [1.54, 1.807) is 24.3 Å². The van der Waals surface area contributed by atoms with Gasteiger partial charge in [0.25, 0.3) is 5.91 Å². The molecule has 2 rings (SSSR count). The average molecular weight is 336 g/mol. The number of rotatable bonds is 5. The van der Waals surface area contributed by atoms with Crippen LogP contribution in [0.4, 0.5) is 5.69 Å². The minimum Gasteiger partial charge on any atom is -0.505 e. The molecule has 0 aliphatic heterocycles. The van der Waals surface area contributed by atoms with E-state index >= 15 is 0 Å². The Morgan fingerprint density at radius 1 is 1.17 bits per heavy atom. The largest absolute Gasteiger partial charge is 0.505 e. The van der Waals surface area contributed by atoms with Crippen LogP contribution in [0.2, 0.25) is 5.02 Å². The molecule has 120 valence electrons. The number of nitrogens with one attached hydrogen (secondary N) is 1. The fraction of sp³-hybridized carbons (Fsp3) is 0.125. The van der Waals surface area contributed by atoms with Gasteiger partial charge < -0.3 is 19.9 Å². The lowest BCUT2D eigenvalue weighted by atomic mass is 10.1. The molecule has 0 bridgehead atoms. The van der Waals surface area contributed by atoms with Gasteiger partial charge in [0, 0.05) is 5.02 Å². The lowest BCUT2D eigenvalue weighted by Crippen LogP contribution is -2.20. The number of phenolic OH excluding ortho intramolecular Hbond substituents is 1. The van der Waals surface area contributed by atoms with Crippen molar-refractivity contribution in [1.82, 2.24) is 0 Å². The number of carbonyl (C=O) groups is 2. The summed E-state index contributed by atoms with van der Waals surface area (Å²) in [6.45, 7) is -0.260. The van der Waals surface area contributed by atoms with E-state index in [0.717, 1.165) is 0 Å². The number of esters is 1. The van der Waals surface area contributed by atoms with E-state index in [1.807, 2.05) is 0 Å². The van der Waals surface area contributed by atoms with Crippen molar-refractivity contribution in [2.75, 3.05) is 19.0 Å². The molecule has 0 radical (unpaired) electrons. The zero-order valence-electron chi connectivity index (χ0n) is 12.2. The Kier molecular flexibility index (Phi) is 5.43. The third-order valence-electron chi connectivity index (χ3n) is 2.90. The molecule has 0 spiro atoms. The fourth-order valence-electron chi connectivity index (χ4n) is 1.79. The lowest BCUT2D eigenvalue weighted by Gasteiger charge is -2.10. The maximum absolute atomic E-state index is 11.9. The van der Waals surface area contributed by atoms with Gasteiger partial charge in [-0.2, -0.15) is 0 Å². The number of amides is 1. The predicted octanol–water partition coefficient (Wildman–Crippen LogP) is 2.85. The maximum Gasteiger partial charge on any atom is 0.341 e. The van der Waals surface area contributed by atoms with Gasteiger partial charge in [-0.1, -0.05) is 17.7 Å². The molecular weight excluding hydrogens is 322 g/mol. The monoisotopic (exact) mass is 335 g/mol. The van der Waals surface area contributed by atoms with Crippen molar-refractivity contribution in [3.63, 3.8) is 0 Å². The van der Waals surface area contributed by atoms with Crippen molar-refractivity contribution in [3.05, 3.63) is 53.1 Å². The van der Waals surface area contributed by atoms with E-state index in [4.69, 9.17) is 16.3 Å². The van der Waals surface area contributed by atoms with Gasteiger partial charge in [0.2, 0.25) is 0 Å². The summed E-state index contributed by atoms with van der Waals surface area (Å²) in [5.41, 5.74) is 0.0570. The van der Waals surface area contributed by atoms with Gasteiger partial charge in [0.1, 0.15) is 11.3 Å². The van der Waals surface area contributed by atoms with Crippen LogP contribution in [0, 0.1) is 0 Å². The Morgan fingerprint density at radius 3 is 2.52 bits per heavy atom. The van der Waals surface area contributed by atoms with Crippen molar-refractivity contribution < 1.29 is 24.2 Å². The molecule has 0 heterocycles. The number of ether oxygens (including phenoxy) is 2. The third kappa shape index (κ3) is 4.37. The number of carbonyl (C=O) groups excluding carboxylic acids is 2. The first-order valence-corrected chi connectivity index (χ1v) is 6.97. The van der Waals surface area contributed by atoms with Crippen LogP contribution in [0.25, 0.3) is 0 Å². The van der Waals surface area contributed by atoms with E-state index < -0.39 is 11.9 Å². The number of anilines is 1. The first kappa shape index (κ1) is 16.6. The molecule has 23 heavy (non-hydrogen) atoms. The van der Waals surface area contributed by atoms with Crippen molar-refractivity contribution in [2.24, 2.45) is 0 Å². The first-order chi connectivity index (χ1) is 11.0. The smallest absolute Gasteiger partial charge is 0.341 e. The minimum atomic E-state index is -0.698. The van der Waals surface area contributed by atoms with Crippen LogP contribution in [0.1, 0.15) is 10.4 Å². The highest BCUT2D eigenvalue weighted by Crippen LogP contribution is 2.28. The highest BCUT2D eigenvalue weighted by molar-refractivity contribution is 6.30. The van der Waals surface area contributed by atoms with Crippen LogP contribution in [-0.4, -0.2) is 30.7 Å². The lowest BCUT2D eigenvalue weighted by molar-refractivity contribution is -0.118. The molecule has 6 nitrogen and oxygen atoms in total. The number of aromatic hydroxyl groups is 1. The second kappa shape index (κ2) is 7.51. The summed E-state index contributed by atoms with van der Waals surface area (Å²) in [7, 11) is 1.20. The van der Waals surface area contributed by atoms with Crippen molar-refractivity contribution in [1.29, 1.82) is 0 Å². The molecule has 0 unspecified atom stereocenters. The Bertz CT molecular complexity index is 715. The molecule has 0 aliphatic rings. The van der Waals surface area contributed by atoms with Gasteiger partial charge in [-0.25, -0.2) is 4.79 Å². The van der Waals surface area contributed by atoms with Crippen molar-refractivity contribution in [3.8, 4) is 11.5 Å². The van der Waals surface area contributed by atoms with Crippen LogP contribution in [0.5, 0.6) is 11.5 Å². The molecule has 2 aromatic rings. The normalized spacial score (nSPS) is 10.0. The van der Waals surface area contributed by atoms with Crippen LogP contribution in [0.3, 0.4) is 0 Å². The Labute approximate surface area is 137 Å². The van der Waals surface area contributed by atoms with Gasteiger partial charge in [0.15, 0.2) is 12.4 Å². The quantitative estimate of drug-likeness (QED) is 0.648. The van der Waals surface area contributed by atoms with Crippen LogP contribution >= 0.6 is 11.6 Å². The molecule has 0 aliphatic carbocycles. The van der Waals surface area contributed by atoms with Crippen molar-refractivity contribution in [2.45, 2.75) is 0 Å². The number of phenols is 1. The number of hydrogen-bond acceptors (Lipinski definition) is 5. The number of hydrogen-bond donors (Lipinski definition) is 2. The summed E-state index contributed by atoms with van der Waals surface area (Å²) < 4.78 is 9.83. The summed E-state index contributed by atoms with van der Waals surface area (Å²) in [6, 6.07) is 10.9. The summed E-state index contributed by atoms with van der Waals surface area (Å²) in [5, 5.41) is 13.0. The number of benzene rings is 2. The minimum absolute atomic E-state index is 0.0380. The van der Waals surface area contributed by atoms with Gasteiger partial charge in [0.05, 0.1) is 12.8 Å². The van der Waals surface area contributed by atoms with E-state index in [-0.39, 0.29) is 23.6 Å². The summed E-state index contributed by atoms with van der Waals surface area (Å²) in [6.07, 6.45) is 0. The Hall–Kier alpha value is -2.73. The molecule has 1 amide bonds. The number of halogens is 1. The molecule has 0 saturated carbocycles. The summed E-state index contributed by atoms with van der Waals surface area (Å²) in [4.78, 5) is 23.3. The highest BCUT2D eigenvalue weighted by Gasteiger charge is 2.16. The first-order valence-electron chi connectivity index (χ1n) is 6.59. The fourth-order valence-corrected chi connectivity index (χ4v) is 1.91. The average Bonchev–Trinajstić information content (AvgIpc) is 2.55. The van der Waals surface area contributed by atoms with E-state index in [9.17, 15) is 14.7 Å². The summed E-state index contributed by atoms with van der Waals surface area (Å²) in [5.74, 6) is -1.07. The number of para-hydroxylation sites is 1. The topological polar surface area (TPSA) is 84.9 Å². The van der Waals surface area contributed by atoms with Gasteiger partial charge in [-0.3, -0.25) is 4.79 Å². The molecule has 2 N–H and O–H groups in total. The number of methoxy groups -OCH3 is 1. The van der Waals surface area contributed by atoms with E-state index in [1.165, 1.54) is 25.3 Å². The second-order valence-corrected chi connectivity index (χ2v) is 4.92. The Morgan fingerprint density at radius 2 is 1.87 bits per heavy atom. The van der Waals surface area contributed by atoms with Gasteiger partial charge in [-0.15, -0.1) is 0 Å². The molecule has 7 heteroatoms. The van der Waals surface area contributed by atoms with Gasteiger partial charge >= 0.3 is 5.97 Å².